The van der Waals surface area contributed by atoms with E-state index in [1.165, 1.54) is 18.2 Å². The number of amides is 1. The lowest BCUT2D eigenvalue weighted by atomic mass is 10.2. The third-order valence-corrected chi connectivity index (χ3v) is 5.73. The molecule has 0 radical (unpaired) electrons. The highest BCUT2D eigenvalue weighted by Gasteiger charge is 2.18. The number of halogens is 1. The predicted molar refractivity (Wildman–Crippen MR) is 108 cm³/mol. The van der Waals surface area contributed by atoms with E-state index >= 15 is 0 Å². The first kappa shape index (κ1) is 19.1. The van der Waals surface area contributed by atoms with Crippen molar-refractivity contribution in [2.75, 3.05) is 10.0 Å². The maximum atomic E-state index is 12.7. The average Bonchev–Trinajstić information content (AvgIpc) is 2.65. The molecule has 0 bridgehead atoms. The van der Waals surface area contributed by atoms with Crippen LogP contribution in [0.15, 0.2) is 76.2 Å². The Hall–Kier alpha value is -2.71. The maximum absolute atomic E-state index is 12.7. The number of nitrogens with one attached hydrogen (secondary N) is 2. The van der Waals surface area contributed by atoms with Gasteiger partial charge in [0.05, 0.1) is 10.6 Å². The minimum atomic E-state index is -3.86. The Morgan fingerprint density at radius 2 is 1.85 bits per heavy atom. The first-order valence-electron chi connectivity index (χ1n) is 7.96. The van der Waals surface area contributed by atoms with Gasteiger partial charge in [0.15, 0.2) is 0 Å². The number of pyridine rings is 1. The number of benzene rings is 2. The minimum absolute atomic E-state index is 0.00965. The van der Waals surface area contributed by atoms with Crippen LogP contribution in [0.4, 0.5) is 11.5 Å². The standard InChI is InChI=1S/C19H16BrN3O3S/c1-13-8-9-16(20)17(11-13)23-27(25,26)15-6-4-5-14(12-15)19(24)22-18-7-2-3-10-21-18/h2-12,23H,1H3,(H,21,22,24). The highest BCUT2D eigenvalue weighted by atomic mass is 79.9. The summed E-state index contributed by atoms with van der Waals surface area (Å²) < 4.78 is 28.6. The fourth-order valence-corrected chi connectivity index (χ4v) is 3.94. The molecule has 1 heterocycles. The molecule has 0 unspecified atom stereocenters. The molecule has 2 aromatic carbocycles. The van der Waals surface area contributed by atoms with Crippen molar-refractivity contribution < 1.29 is 13.2 Å². The van der Waals surface area contributed by atoms with Crippen LogP contribution in [0.5, 0.6) is 0 Å². The largest absolute Gasteiger partial charge is 0.307 e. The Balaban J connectivity index is 1.85. The summed E-state index contributed by atoms with van der Waals surface area (Å²) in [6.45, 7) is 1.87. The zero-order valence-electron chi connectivity index (χ0n) is 14.3. The summed E-state index contributed by atoms with van der Waals surface area (Å²) in [7, 11) is -3.86. The number of nitrogens with zero attached hydrogens (tertiary/aromatic N) is 1. The van der Waals surface area contributed by atoms with Gasteiger partial charge in [-0.1, -0.05) is 18.2 Å². The molecule has 0 aliphatic heterocycles. The number of aryl methyl sites for hydroxylation is 1. The van der Waals surface area contributed by atoms with Crippen LogP contribution in [0.3, 0.4) is 0 Å². The van der Waals surface area contributed by atoms with Crippen LogP contribution < -0.4 is 10.0 Å². The number of hydrogen-bond donors (Lipinski definition) is 2. The molecule has 6 nitrogen and oxygen atoms in total. The van der Waals surface area contributed by atoms with E-state index < -0.39 is 15.9 Å². The van der Waals surface area contributed by atoms with Crippen molar-refractivity contribution in [3.05, 3.63) is 82.5 Å². The fourth-order valence-electron chi connectivity index (χ4n) is 2.35. The monoisotopic (exact) mass is 445 g/mol. The zero-order valence-corrected chi connectivity index (χ0v) is 16.7. The second-order valence-electron chi connectivity index (χ2n) is 5.79. The van der Waals surface area contributed by atoms with Gasteiger partial charge in [-0.25, -0.2) is 13.4 Å². The van der Waals surface area contributed by atoms with Gasteiger partial charge in [-0.2, -0.15) is 0 Å². The van der Waals surface area contributed by atoms with Gasteiger partial charge in [0.25, 0.3) is 15.9 Å². The summed E-state index contributed by atoms with van der Waals surface area (Å²) in [6, 6.07) is 16.3. The molecule has 138 valence electrons. The predicted octanol–water partition coefficient (Wildman–Crippen LogP) is 4.21. The van der Waals surface area contributed by atoms with E-state index in [0.717, 1.165) is 5.56 Å². The summed E-state index contributed by atoms with van der Waals surface area (Å²) in [5.74, 6) is -0.0555. The first-order chi connectivity index (χ1) is 12.8. The molecule has 1 aromatic heterocycles. The topological polar surface area (TPSA) is 88.2 Å². The van der Waals surface area contributed by atoms with Crippen molar-refractivity contribution in [2.24, 2.45) is 0 Å². The van der Waals surface area contributed by atoms with E-state index in [1.807, 2.05) is 13.0 Å². The summed E-state index contributed by atoms with van der Waals surface area (Å²) in [5, 5.41) is 2.63. The fraction of sp³-hybridized carbons (Fsp3) is 0.0526. The molecular formula is C19H16BrN3O3S. The van der Waals surface area contributed by atoms with Crippen LogP contribution in [-0.4, -0.2) is 19.3 Å². The second kappa shape index (κ2) is 7.89. The second-order valence-corrected chi connectivity index (χ2v) is 8.32. The molecule has 0 saturated heterocycles. The highest BCUT2D eigenvalue weighted by molar-refractivity contribution is 9.10. The summed E-state index contributed by atoms with van der Waals surface area (Å²) in [4.78, 5) is 16.4. The number of aromatic nitrogens is 1. The van der Waals surface area contributed by atoms with Gasteiger partial charge in [0, 0.05) is 16.2 Å². The molecular weight excluding hydrogens is 430 g/mol. The molecule has 0 fully saturated rings. The van der Waals surface area contributed by atoms with Gasteiger partial charge in [0.1, 0.15) is 5.82 Å². The maximum Gasteiger partial charge on any atom is 0.261 e. The van der Waals surface area contributed by atoms with Crippen molar-refractivity contribution in [3.63, 3.8) is 0 Å². The molecule has 0 aliphatic rings. The summed E-state index contributed by atoms with van der Waals surface area (Å²) in [6.07, 6.45) is 1.56. The normalized spacial score (nSPS) is 11.0. The Labute approximate surface area is 165 Å². The van der Waals surface area contributed by atoms with Crippen LogP contribution in [0.2, 0.25) is 0 Å². The lowest BCUT2D eigenvalue weighted by Crippen LogP contribution is -2.16. The Kier molecular flexibility index (Phi) is 5.57. The summed E-state index contributed by atoms with van der Waals surface area (Å²) >= 11 is 3.33. The average molecular weight is 446 g/mol. The zero-order chi connectivity index (χ0) is 19.4. The van der Waals surface area contributed by atoms with Crippen molar-refractivity contribution in [1.29, 1.82) is 0 Å². The number of rotatable bonds is 5. The summed E-state index contributed by atoms with van der Waals surface area (Å²) in [5.41, 5.74) is 1.56. The molecule has 8 heteroatoms. The van der Waals surface area contributed by atoms with E-state index in [1.54, 1.807) is 42.6 Å². The van der Waals surface area contributed by atoms with Crippen molar-refractivity contribution in [2.45, 2.75) is 11.8 Å². The lowest BCUT2D eigenvalue weighted by Gasteiger charge is -2.11. The Morgan fingerprint density at radius 1 is 1.04 bits per heavy atom. The number of carbonyl (C=O) groups is 1. The molecule has 1 amide bonds. The quantitative estimate of drug-likeness (QED) is 0.615. The van der Waals surface area contributed by atoms with Crippen LogP contribution in [0.25, 0.3) is 0 Å². The third kappa shape index (κ3) is 4.72. The van der Waals surface area contributed by atoms with Crippen LogP contribution in [0.1, 0.15) is 15.9 Å². The lowest BCUT2D eigenvalue weighted by molar-refractivity contribution is 0.102. The van der Waals surface area contributed by atoms with Crippen molar-refractivity contribution >= 4 is 43.4 Å². The van der Waals surface area contributed by atoms with Gasteiger partial charge < -0.3 is 5.32 Å². The molecule has 0 saturated carbocycles. The van der Waals surface area contributed by atoms with Gasteiger partial charge in [0.2, 0.25) is 0 Å². The van der Waals surface area contributed by atoms with Gasteiger partial charge in [-0.3, -0.25) is 9.52 Å². The Morgan fingerprint density at radius 3 is 2.59 bits per heavy atom. The van der Waals surface area contributed by atoms with E-state index in [9.17, 15) is 13.2 Å². The van der Waals surface area contributed by atoms with Crippen LogP contribution >= 0.6 is 15.9 Å². The molecule has 3 rings (SSSR count). The smallest absolute Gasteiger partial charge is 0.261 e. The van der Waals surface area contributed by atoms with E-state index in [-0.39, 0.29) is 10.5 Å². The van der Waals surface area contributed by atoms with E-state index in [4.69, 9.17) is 0 Å². The highest BCUT2D eigenvalue weighted by Crippen LogP contribution is 2.26. The molecule has 0 aliphatic carbocycles. The number of sulfonamides is 1. The van der Waals surface area contributed by atoms with E-state index in [2.05, 4.69) is 31.0 Å². The molecule has 3 aromatic rings. The van der Waals surface area contributed by atoms with E-state index in [0.29, 0.717) is 16.0 Å². The van der Waals surface area contributed by atoms with Crippen LogP contribution in [0, 0.1) is 6.92 Å². The van der Waals surface area contributed by atoms with Crippen molar-refractivity contribution in [3.8, 4) is 0 Å². The number of carbonyl (C=O) groups excluding carboxylic acids is 1. The molecule has 0 spiro atoms. The van der Waals surface area contributed by atoms with Gasteiger partial charge in [-0.05, 0) is 70.9 Å². The molecule has 2 N–H and O–H groups in total. The number of anilines is 2. The van der Waals surface area contributed by atoms with Gasteiger partial charge >= 0.3 is 0 Å². The van der Waals surface area contributed by atoms with Crippen LogP contribution in [-0.2, 0) is 10.0 Å². The first-order valence-corrected chi connectivity index (χ1v) is 10.2. The minimum Gasteiger partial charge on any atom is -0.307 e. The number of hydrogen-bond acceptors (Lipinski definition) is 4. The van der Waals surface area contributed by atoms with Gasteiger partial charge in [-0.15, -0.1) is 0 Å². The van der Waals surface area contributed by atoms with Crippen molar-refractivity contribution in [1.82, 2.24) is 4.98 Å². The SMILES string of the molecule is Cc1ccc(Br)c(NS(=O)(=O)c2cccc(C(=O)Nc3ccccn3)c2)c1. The molecule has 27 heavy (non-hydrogen) atoms. The molecule has 0 atom stereocenters. The Bertz CT molecular complexity index is 1090. The third-order valence-electron chi connectivity index (χ3n) is 3.68.